The fourth-order valence-electron chi connectivity index (χ4n) is 3.59. The van der Waals surface area contributed by atoms with E-state index in [1.165, 1.54) is 58.6 Å². The number of ether oxygens (including phenoxy) is 1. The first kappa shape index (κ1) is 25.9. The minimum absolute atomic E-state index is 0.0535. The molecule has 0 fully saturated rings. The zero-order valence-electron chi connectivity index (χ0n) is 19.5. The zero-order chi connectivity index (χ0) is 25.1. The van der Waals surface area contributed by atoms with Gasteiger partial charge in [0.25, 0.3) is 0 Å². The minimum Gasteiger partial charge on any atom is -0.497 e. The molecule has 0 radical (unpaired) electrons. The Hall–Kier alpha value is -2.76. The highest BCUT2D eigenvalue weighted by Gasteiger charge is 2.29. The second-order valence-corrected chi connectivity index (χ2v) is 11.8. The summed E-state index contributed by atoms with van der Waals surface area (Å²) in [4.78, 5) is 4.26. The molecule has 11 heteroatoms. The smallest absolute Gasteiger partial charge is 0.243 e. The van der Waals surface area contributed by atoms with Crippen molar-refractivity contribution < 1.29 is 26.0 Å². The van der Waals surface area contributed by atoms with Crippen molar-refractivity contribution in [3.05, 3.63) is 71.8 Å². The molecule has 8 nitrogen and oxygen atoms in total. The summed E-state index contributed by atoms with van der Waals surface area (Å²) in [6.07, 6.45) is 1.39. The Balaban J connectivity index is 1.94. The molecule has 0 aliphatic heterocycles. The maximum absolute atomic E-state index is 13.2. The van der Waals surface area contributed by atoms with Crippen LogP contribution in [0.3, 0.4) is 0 Å². The van der Waals surface area contributed by atoms with Crippen LogP contribution in [0.4, 0.5) is 4.39 Å². The van der Waals surface area contributed by atoms with E-state index in [1.54, 1.807) is 32.9 Å². The molecule has 0 aliphatic carbocycles. The van der Waals surface area contributed by atoms with Gasteiger partial charge >= 0.3 is 0 Å². The molecule has 34 heavy (non-hydrogen) atoms. The normalized spacial score (nSPS) is 12.4. The van der Waals surface area contributed by atoms with Crippen LogP contribution < -0.4 is 4.74 Å². The van der Waals surface area contributed by atoms with Crippen molar-refractivity contribution in [2.75, 3.05) is 13.7 Å². The van der Waals surface area contributed by atoms with Gasteiger partial charge < -0.3 is 9.30 Å². The van der Waals surface area contributed by atoms with Crippen molar-refractivity contribution >= 4 is 19.9 Å². The van der Waals surface area contributed by atoms with E-state index in [0.717, 1.165) is 0 Å². The Morgan fingerprint density at radius 2 is 1.65 bits per heavy atom. The second-order valence-electron chi connectivity index (χ2n) is 7.99. The summed E-state index contributed by atoms with van der Waals surface area (Å²) in [5.74, 6) is -0.265. The maximum atomic E-state index is 13.2. The molecule has 0 saturated heterocycles. The van der Waals surface area contributed by atoms with Gasteiger partial charge in [-0.15, -0.1) is 0 Å². The van der Waals surface area contributed by atoms with Crippen LogP contribution in [-0.2, 0) is 32.2 Å². The highest BCUT2D eigenvalue weighted by atomic mass is 32.2. The van der Waals surface area contributed by atoms with Gasteiger partial charge in [0.05, 0.1) is 36.2 Å². The van der Waals surface area contributed by atoms with E-state index >= 15 is 0 Å². The number of imidazole rings is 1. The molecule has 1 heterocycles. The third kappa shape index (κ3) is 5.48. The summed E-state index contributed by atoms with van der Waals surface area (Å²) < 4.78 is 73.8. The van der Waals surface area contributed by atoms with Crippen LogP contribution in [0.2, 0.25) is 0 Å². The number of sulfone groups is 1. The van der Waals surface area contributed by atoms with E-state index in [-0.39, 0.29) is 34.9 Å². The van der Waals surface area contributed by atoms with Crippen LogP contribution in [0.1, 0.15) is 38.1 Å². The summed E-state index contributed by atoms with van der Waals surface area (Å²) in [6, 6.07) is 11.0. The van der Waals surface area contributed by atoms with Crippen LogP contribution in [-0.4, -0.2) is 44.3 Å². The lowest BCUT2D eigenvalue weighted by molar-refractivity contribution is 0.398. The van der Waals surface area contributed by atoms with E-state index in [1.807, 2.05) is 0 Å². The van der Waals surface area contributed by atoms with Crippen molar-refractivity contribution in [1.82, 2.24) is 13.9 Å². The summed E-state index contributed by atoms with van der Waals surface area (Å²) in [6.45, 7) is 5.44. The van der Waals surface area contributed by atoms with E-state index in [9.17, 15) is 21.2 Å². The number of aromatic nitrogens is 2. The van der Waals surface area contributed by atoms with Crippen LogP contribution in [0, 0.1) is 5.82 Å². The molecule has 0 spiro atoms. The molecule has 0 N–H and O–H groups in total. The summed E-state index contributed by atoms with van der Waals surface area (Å²) in [5, 5.41) is -0.153. The number of methoxy groups -OCH3 is 1. The van der Waals surface area contributed by atoms with Gasteiger partial charge in [0, 0.05) is 12.6 Å². The van der Waals surface area contributed by atoms with Crippen molar-refractivity contribution in [3.63, 3.8) is 0 Å². The fourth-order valence-corrected chi connectivity index (χ4v) is 6.61. The molecule has 0 bridgehead atoms. The topological polar surface area (TPSA) is 98.6 Å². The first-order chi connectivity index (χ1) is 16.0. The number of rotatable bonds is 10. The van der Waals surface area contributed by atoms with Crippen molar-refractivity contribution in [1.29, 1.82) is 0 Å². The van der Waals surface area contributed by atoms with Gasteiger partial charge in [0.1, 0.15) is 11.6 Å². The second kappa shape index (κ2) is 10.2. The molecule has 3 aromatic rings. The van der Waals surface area contributed by atoms with E-state index in [4.69, 9.17) is 4.74 Å². The SMILES string of the molecule is CCN(Cc1cnc(S(=O)(=O)Cc2ccc(F)cc2)n1C(C)C)S(=O)(=O)c1ccc(OC)cc1. The highest BCUT2D eigenvalue weighted by molar-refractivity contribution is 7.90. The first-order valence-corrected chi connectivity index (χ1v) is 13.8. The fraction of sp³-hybridized carbons (Fsp3) is 0.348. The predicted molar refractivity (Wildman–Crippen MR) is 126 cm³/mol. The lowest BCUT2D eigenvalue weighted by Crippen LogP contribution is -2.31. The van der Waals surface area contributed by atoms with Crippen LogP contribution in [0.15, 0.2) is 64.8 Å². The third-order valence-corrected chi connectivity index (χ3v) is 8.80. The van der Waals surface area contributed by atoms with Gasteiger partial charge in [-0.25, -0.2) is 26.2 Å². The van der Waals surface area contributed by atoms with Gasteiger partial charge in [-0.1, -0.05) is 19.1 Å². The first-order valence-electron chi connectivity index (χ1n) is 10.7. The Kier molecular flexibility index (Phi) is 7.79. The number of sulfonamides is 1. The summed E-state index contributed by atoms with van der Waals surface area (Å²) >= 11 is 0. The number of halogens is 1. The van der Waals surface area contributed by atoms with Gasteiger partial charge in [-0.2, -0.15) is 4.31 Å². The average Bonchev–Trinajstić information content (AvgIpc) is 3.24. The van der Waals surface area contributed by atoms with E-state index in [2.05, 4.69) is 4.98 Å². The lowest BCUT2D eigenvalue weighted by Gasteiger charge is -2.23. The number of hydrogen-bond acceptors (Lipinski definition) is 6. The molecule has 0 aliphatic rings. The number of benzene rings is 2. The summed E-state index contributed by atoms with van der Waals surface area (Å²) in [7, 11) is -6.22. The van der Waals surface area contributed by atoms with Crippen molar-refractivity contribution in [2.45, 2.75) is 49.2 Å². The average molecular weight is 510 g/mol. The van der Waals surface area contributed by atoms with Crippen LogP contribution in [0.5, 0.6) is 5.75 Å². The van der Waals surface area contributed by atoms with Crippen LogP contribution >= 0.6 is 0 Å². The Morgan fingerprint density at radius 3 is 2.18 bits per heavy atom. The summed E-state index contributed by atoms with van der Waals surface area (Å²) in [5.41, 5.74) is 0.880. The molecule has 1 aromatic heterocycles. The lowest BCUT2D eigenvalue weighted by atomic mass is 10.2. The molecule has 184 valence electrons. The minimum atomic E-state index is -3.87. The Morgan fingerprint density at radius 1 is 1.03 bits per heavy atom. The molecular weight excluding hydrogens is 481 g/mol. The largest absolute Gasteiger partial charge is 0.497 e. The van der Waals surface area contributed by atoms with E-state index in [0.29, 0.717) is 17.0 Å². The molecule has 0 amide bonds. The molecule has 2 aromatic carbocycles. The van der Waals surface area contributed by atoms with E-state index < -0.39 is 25.7 Å². The number of hydrogen-bond donors (Lipinski definition) is 0. The number of nitrogens with zero attached hydrogens (tertiary/aromatic N) is 3. The van der Waals surface area contributed by atoms with Gasteiger partial charge in [0.15, 0.2) is 0 Å². The molecule has 0 unspecified atom stereocenters. The van der Waals surface area contributed by atoms with Crippen molar-refractivity contribution in [3.8, 4) is 5.75 Å². The van der Waals surface area contributed by atoms with Gasteiger partial charge in [0.2, 0.25) is 25.0 Å². The van der Waals surface area contributed by atoms with Gasteiger partial charge in [-0.05, 0) is 55.8 Å². The van der Waals surface area contributed by atoms with Gasteiger partial charge in [-0.3, -0.25) is 0 Å². The Labute approximate surface area is 200 Å². The molecule has 0 atom stereocenters. The monoisotopic (exact) mass is 509 g/mol. The third-order valence-electron chi connectivity index (χ3n) is 5.29. The predicted octanol–water partition coefficient (Wildman–Crippen LogP) is 3.80. The quantitative estimate of drug-likeness (QED) is 0.412. The van der Waals surface area contributed by atoms with Crippen LogP contribution in [0.25, 0.3) is 0 Å². The zero-order valence-corrected chi connectivity index (χ0v) is 21.1. The molecule has 3 rings (SSSR count). The maximum Gasteiger partial charge on any atom is 0.243 e. The highest BCUT2D eigenvalue weighted by Crippen LogP contribution is 2.25. The standard InChI is InChI=1S/C23H28FN3O5S2/c1-5-26(34(30,31)22-12-10-21(32-4)11-13-22)15-20-14-25-23(27(20)17(2)3)33(28,29)16-18-6-8-19(24)9-7-18/h6-14,17H,5,15-16H2,1-4H3. The molecular formula is C23H28FN3O5S2. The Bertz CT molecular complexity index is 1330. The molecule has 0 saturated carbocycles. The van der Waals surface area contributed by atoms with Crippen molar-refractivity contribution in [2.24, 2.45) is 0 Å².